The van der Waals surface area contributed by atoms with Crippen molar-refractivity contribution in [2.45, 2.75) is 25.6 Å². The molecule has 0 radical (unpaired) electrons. The van der Waals surface area contributed by atoms with Crippen LogP contribution in [-0.2, 0) is 22.7 Å². The monoisotopic (exact) mass is 473 g/mol. The molecule has 2 heterocycles. The van der Waals surface area contributed by atoms with Crippen molar-refractivity contribution in [3.05, 3.63) is 83.9 Å². The molecule has 0 spiro atoms. The van der Waals surface area contributed by atoms with Crippen molar-refractivity contribution in [1.29, 1.82) is 0 Å². The molecule has 3 aromatic carbocycles. The van der Waals surface area contributed by atoms with Crippen LogP contribution in [0.2, 0.25) is 0 Å². The molecule has 2 aliphatic rings. The number of hydrogen-bond acceptors (Lipinski definition) is 6. The van der Waals surface area contributed by atoms with Gasteiger partial charge >= 0.3 is 6.03 Å². The molecule has 1 saturated heterocycles. The lowest BCUT2D eigenvalue weighted by atomic mass is 10.1. The van der Waals surface area contributed by atoms with Crippen molar-refractivity contribution in [2.24, 2.45) is 0 Å². The molecule has 2 N–H and O–H groups in total. The molecule has 0 aliphatic carbocycles. The van der Waals surface area contributed by atoms with E-state index in [2.05, 4.69) is 10.6 Å². The Morgan fingerprint density at radius 3 is 2.54 bits per heavy atom. The van der Waals surface area contributed by atoms with Crippen LogP contribution in [0.4, 0.5) is 10.5 Å². The van der Waals surface area contributed by atoms with Crippen LogP contribution in [0.3, 0.4) is 0 Å². The van der Waals surface area contributed by atoms with Gasteiger partial charge < -0.3 is 24.8 Å². The minimum absolute atomic E-state index is 0.0733. The van der Waals surface area contributed by atoms with E-state index in [9.17, 15) is 14.4 Å². The minimum Gasteiger partial charge on any atom is -0.489 e. The van der Waals surface area contributed by atoms with Gasteiger partial charge in [0, 0.05) is 5.69 Å². The molecule has 178 valence electrons. The number of carbonyl (C=O) groups excluding carboxylic acids is 3. The molecule has 4 amide bonds. The first-order chi connectivity index (χ1) is 17.0. The number of ether oxygens (including phenoxy) is 3. The van der Waals surface area contributed by atoms with Gasteiger partial charge in [0.25, 0.3) is 5.91 Å². The molecule has 1 atom stereocenters. The Kier molecular flexibility index (Phi) is 6.21. The van der Waals surface area contributed by atoms with Crippen molar-refractivity contribution in [3.63, 3.8) is 0 Å². The van der Waals surface area contributed by atoms with Crippen LogP contribution in [0.5, 0.6) is 17.2 Å². The zero-order chi connectivity index (χ0) is 24.2. The first kappa shape index (κ1) is 22.3. The SMILES string of the molecule is O=C(C[C@H]1NC(=O)N(Cc2ccc3c(c2)OCO3)C1=O)Nc1ccc(OCc2ccccc2)cc1. The molecular weight excluding hydrogens is 450 g/mol. The van der Waals surface area contributed by atoms with Gasteiger partial charge in [0.15, 0.2) is 11.5 Å². The molecule has 2 aliphatic heterocycles. The highest BCUT2D eigenvalue weighted by atomic mass is 16.7. The fraction of sp³-hybridized carbons (Fsp3) is 0.192. The van der Waals surface area contributed by atoms with E-state index in [0.29, 0.717) is 29.5 Å². The van der Waals surface area contributed by atoms with E-state index in [-0.39, 0.29) is 25.7 Å². The third kappa shape index (κ3) is 5.19. The first-order valence-corrected chi connectivity index (χ1v) is 11.1. The van der Waals surface area contributed by atoms with Crippen LogP contribution < -0.4 is 24.8 Å². The zero-order valence-corrected chi connectivity index (χ0v) is 18.7. The summed E-state index contributed by atoms with van der Waals surface area (Å²) in [5.74, 6) is 1.03. The quantitative estimate of drug-likeness (QED) is 0.486. The number of rotatable bonds is 8. The second-order valence-electron chi connectivity index (χ2n) is 8.17. The van der Waals surface area contributed by atoms with E-state index in [1.165, 1.54) is 0 Å². The Morgan fingerprint density at radius 1 is 0.971 bits per heavy atom. The predicted molar refractivity (Wildman–Crippen MR) is 126 cm³/mol. The summed E-state index contributed by atoms with van der Waals surface area (Å²) >= 11 is 0. The molecule has 9 nitrogen and oxygen atoms in total. The molecule has 0 unspecified atom stereocenters. The summed E-state index contributed by atoms with van der Waals surface area (Å²) in [4.78, 5) is 38.7. The van der Waals surface area contributed by atoms with Crippen molar-refractivity contribution in [2.75, 3.05) is 12.1 Å². The topological polar surface area (TPSA) is 106 Å². The summed E-state index contributed by atoms with van der Waals surface area (Å²) < 4.78 is 16.4. The standard InChI is InChI=1S/C26H23N3O6/c30-24(27-19-7-9-20(10-8-19)33-15-17-4-2-1-3-5-17)13-21-25(31)29(26(32)28-21)14-18-6-11-22-23(12-18)35-16-34-22/h1-12,21H,13-16H2,(H,27,30)(H,28,32)/t21-/m1/s1. The van der Waals surface area contributed by atoms with Crippen LogP contribution in [0.15, 0.2) is 72.8 Å². The molecule has 9 heteroatoms. The second kappa shape index (κ2) is 9.76. The van der Waals surface area contributed by atoms with Gasteiger partial charge in [-0.25, -0.2) is 4.79 Å². The van der Waals surface area contributed by atoms with Gasteiger partial charge in [-0.1, -0.05) is 36.4 Å². The van der Waals surface area contributed by atoms with E-state index >= 15 is 0 Å². The Bertz CT molecular complexity index is 1250. The Morgan fingerprint density at radius 2 is 1.74 bits per heavy atom. The number of anilines is 1. The number of fused-ring (bicyclic) bond motifs is 1. The molecule has 0 saturated carbocycles. The Balaban J connectivity index is 1.13. The number of nitrogens with one attached hydrogen (secondary N) is 2. The third-order valence-electron chi connectivity index (χ3n) is 5.66. The van der Waals surface area contributed by atoms with Crippen molar-refractivity contribution in [1.82, 2.24) is 10.2 Å². The predicted octanol–water partition coefficient (Wildman–Crippen LogP) is 3.44. The number of benzene rings is 3. The van der Waals surface area contributed by atoms with Gasteiger partial charge in [-0.2, -0.15) is 0 Å². The molecule has 1 fully saturated rings. The number of carbonyl (C=O) groups is 3. The van der Waals surface area contributed by atoms with Gasteiger partial charge in [0.05, 0.1) is 13.0 Å². The van der Waals surface area contributed by atoms with E-state index in [0.717, 1.165) is 16.0 Å². The van der Waals surface area contributed by atoms with Crippen LogP contribution >= 0.6 is 0 Å². The molecule has 3 aromatic rings. The van der Waals surface area contributed by atoms with Gasteiger partial charge in [-0.15, -0.1) is 0 Å². The second-order valence-corrected chi connectivity index (χ2v) is 8.17. The number of urea groups is 1. The van der Waals surface area contributed by atoms with E-state index in [1.807, 2.05) is 30.3 Å². The summed E-state index contributed by atoms with van der Waals surface area (Å²) in [5, 5.41) is 5.34. The van der Waals surface area contributed by atoms with E-state index in [4.69, 9.17) is 14.2 Å². The fourth-order valence-electron chi connectivity index (χ4n) is 3.86. The molecule has 5 rings (SSSR count). The maximum absolute atomic E-state index is 12.8. The minimum atomic E-state index is -0.926. The molecule has 0 bridgehead atoms. The first-order valence-electron chi connectivity index (χ1n) is 11.1. The van der Waals surface area contributed by atoms with Crippen LogP contribution in [0, 0.1) is 0 Å². The van der Waals surface area contributed by atoms with Crippen molar-refractivity contribution < 1.29 is 28.6 Å². The Hall–Kier alpha value is -4.53. The smallest absolute Gasteiger partial charge is 0.325 e. The lowest BCUT2D eigenvalue weighted by Crippen LogP contribution is -2.34. The summed E-state index contributed by atoms with van der Waals surface area (Å²) in [6.45, 7) is 0.658. The van der Waals surface area contributed by atoms with Gasteiger partial charge in [-0.3, -0.25) is 14.5 Å². The van der Waals surface area contributed by atoms with E-state index in [1.54, 1.807) is 42.5 Å². The van der Waals surface area contributed by atoms with Crippen LogP contribution in [-0.4, -0.2) is 35.6 Å². The summed E-state index contributed by atoms with van der Waals surface area (Å²) in [6, 6.07) is 20.5. The van der Waals surface area contributed by atoms with Gasteiger partial charge in [0.1, 0.15) is 18.4 Å². The van der Waals surface area contributed by atoms with Crippen LogP contribution in [0.25, 0.3) is 0 Å². The van der Waals surface area contributed by atoms with E-state index < -0.39 is 18.0 Å². The van der Waals surface area contributed by atoms with Crippen LogP contribution in [0.1, 0.15) is 17.5 Å². The average Bonchev–Trinajstić information content (AvgIpc) is 3.44. The highest BCUT2D eigenvalue weighted by Gasteiger charge is 2.39. The normalized spacial score (nSPS) is 16.2. The summed E-state index contributed by atoms with van der Waals surface area (Å²) in [6.07, 6.45) is -0.172. The number of hydrogen-bond donors (Lipinski definition) is 2. The number of imide groups is 1. The summed E-state index contributed by atoms with van der Waals surface area (Å²) in [5.41, 5.74) is 2.34. The van der Waals surface area contributed by atoms with Gasteiger partial charge in [-0.05, 0) is 47.5 Å². The molecular formula is C26H23N3O6. The zero-order valence-electron chi connectivity index (χ0n) is 18.7. The largest absolute Gasteiger partial charge is 0.489 e. The van der Waals surface area contributed by atoms with Crippen molar-refractivity contribution >= 4 is 23.5 Å². The average molecular weight is 473 g/mol. The van der Waals surface area contributed by atoms with Gasteiger partial charge in [0.2, 0.25) is 12.7 Å². The molecule has 35 heavy (non-hydrogen) atoms. The fourth-order valence-corrected chi connectivity index (χ4v) is 3.86. The van der Waals surface area contributed by atoms with Crippen molar-refractivity contribution in [3.8, 4) is 17.2 Å². The maximum atomic E-state index is 12.8. The number of amides is 4. The number of nitrogens with zero attached hydrogens (tertiary/aromatic N) is 1. The summed E-state index contributed by atoms with van der Waals surface area (Å²) in [7, 11) is 0. The third-order valence-corrected chi connectivity index (χ3v) is 5.66. The highest BCUT2D eigenvalue weighted by Crippen LogP contribution is 2.33. The lowest BCUT2D eigenvalue weighted by Gasteiger charge is -2.13. The lowest BCUT2D eigenvalue weighted by molar-refractivity contribution is -0.130. The Labute approximate surface area is 201 Å². The molecule has 0 aromatic heterocycles. The highest BCUT2D eigenvalue weighted by molar-refractivity contribution is 6.06. The maximum Gasteiger partial charge on any atom is 0.325 e.